The molecule has 0 spiro atoms. The molecule has 5 rings (SSSR count). The third kappa shape index (κ3) is 2.92. The Kier molecular flexibility index (Phi) is 4.60. The van der Waals surface area contributed by atoms with E-state index < -0.39 is 11.5 Å². The van der Waals surface area contributed by atoms with Crippen molar-refractivity contribution in [3.8, 4) is 0 Å². The van der Waals surface area contributed by atoms with Crippen molar-refractivity contribution in [2.45, 2.75) is 5.54 Å². The molecule has 0 bridgehead atoms. The third-order valence-corrected chi connectivity index (χ3v) is 5.68. The van der Waals surface area contributed by atoms with Gasteiger partial charge in [0.05, 0.1) is 5.52 Å². The Morgan fingerprint density at radius 3 is 1.52 bits per heavy atom. The van der Waals surface area contributed by atoms with Crippen molar-refractivity contribution in [1.29, 1.82) is 0 Å². The summed E-state index contributed by atoms with van der Waals surface area (Å²) in [4.78, 5) is 12.1. The van der Waals surface area contributed by atoms with Gasteiger partial charge in [0.1, 0.15) is 5.54 Å². The summed E-state index contributed by atoms with van der Waals surface area (Å²) >= 11 is 0. The molecule has 0 unspecified atom stereocenters. The molecule has 4 heteroatoms. The molecule has 4 nitrogen and oxygen atoms in total. The van der Waals surface area contributed by atoms with Gasteiger partial charge >= 0.3 is 5.97 Å². The van der Waals surface area contributed by atoms with Crippen molar-refractivity contribution in [2.75, 3.05) is 0 Å². The number of aromatic nitrogens is 2. The zero-order valence-corrected chi connectivity index (χ0v) is 16.7. The lowest BCUT2D eigenvalue weighted by molar-refractivity contribution is 0.0691. The number of aromatic carboxylic acids is 1. The summed E-state index contributed by atoms with van der Waals surface area (Å²) in [5, 5.41) is 15.2. The highest BCUT2D eigenvalue weighted by Crippen LogP contribution is 2.42. The van der Waals surface area contributed by atoms with Gasteiger partial charge in [-0.2, -0.15) is 5.10 Å². The van der Waals surface area contributed by atoms with Crippen LogP contribution in [0.2, 0.25) is 0 Å². The summed E-state index contributed by atoms with van der Waals surface area (Å²) < 4.78 is 1.87. The molecule has 1 N–H and O–H groups in total. The van der Waals surface area contributed by atoms with Gasteiger partial charge in [-0.25, -0.2) is 9.48 Å². The summed E-state index contributed by atoms with van der Waals surface area (Å²) in [6.45, 7) is 0. The number of nitrogens with zero attached hydrogens (tertiary/aromatic N) is 2. The highest BCUT2D eigenvalue weighted by molar-refractivity contribution is 6.01. The quantitative estimate of drug-likeness (QED) is 0.389. The summed E-state index contributed by atoms with van der Waals surface area (Å²) in [5.74, 6) is -1.04. The summed E-state index contributed by atoms with van der Waals surface area (Å²) in [6.07, 6.45) is 0. The van der Waals surface area contributed by atoms with Crippen molar-refractivity contribution < 1.29 is 9.90 Å². The monoisotopic (exact) mass is 404 g/mol. The smallest absolute Gasteiger partial charge is 0.357 e. The van der Waals surface area contributed by atoms with E-state index in [1.807, 2.05) is 83.5 Å². The van der Waals surface area contributed by atoms with Gasteiger partial charge < -0.3 is 5.11 Å². The number of hydrogen-bond donors (Lipinski definition) is 1. The fraction of sp³-hybridized carbons (Fsp3) is 0.0370. The molecule has 0 saturated carbocycles. The van der Waals surface area contributed by atoms with E-state index in [1.165, 1.54) is 0 Å². The highest BCUT2D eigenvalue weighted by Gasteiger charge is 2.41. The van der Waals surface area contributed by atoms with E-state index in [0.29, 0.717) is 5.39 Å². The van der Waals surface area contributed by atoms with Crippen LogP contribution in [-0.2, 0) is 5.54 Å². The molecule has 1 heterocycles. The van der Waals surface area contributed by atoms with Crippen LogP contribution in [0.4, 0.5) is 0 Å². The molecule has 150 valence electrons. The van der Waals surface area contributed by atoms with E-state index in [2.05, 4.69) is 36.4 Å². The van der Waals surface area contributed by atoms with Gasteiger partial charge in [0, 0.05) is 5.39 Å². The molecular formula is C27H20N2O2. The molecule has 0 atom stereocenters. The van der Waals surface area contributed by atoms with Gasteiger partial charge in [-0.1, -0.05) is 109 Å². The fourth-order valence-corrected chi connectivity index (χ4v) is 4.38. The van der Waals surface area contributed by atoms with Gasteiger partial charge in [0.15, 0.2) is 5.69 Å². The topological polar surface area (TPSA) is 55.1 Å². The Labute approximate surface area is 180 Å². The maximum Gasteiger partial charge on any atom is 0.357 e. The zero-order valence-electron chi connectivity index (χ0n) is 16.7. The molecular weight excluding hydrogens is 384 g/mol. The number of carbonyl (C=O) groups is 1. The molecule has 31 heavy (non-hydrogen) atoms. The predicted octanol–water partition coefficient (Wildman–Crippen LogP) is 5.57. The molecule has 4 aromatic carbocycles. The summed E-state index contributed by atoms with van der Waals surface area (Å²) in [6, 6.07) is 37.8. The molecule has 0 aliphatic rings. The minimum absolute atomic E-state index is 0.0442. The maximum atomic E-state index is 12.1. The fourth-order valence-electron chi connectivity index (χ4n) is 4.38. The van der Waals surface area contributed by atoms with Crippen LogP contribution < -0.4 is 0 Å². The first-order valence-corrected chi connectivity index (χ1v) is 10.1. The van der Waals surface area contributed by atoms with Crippen LogP contribution in [0.5, 0.6) is 0 Å². The SMILES string of the molecule is O=C(O)c1nn(C(c2ccccc2)(c2ccccc2)c2ccccc2)c2ccccc12. The van der Waals surface area contributed by atoms with Gasteiger partial charge in [-0.05, 0) is 22.8 Å². The number of fused-ring (bicyclic) bond motifs is 1. The average molecular weight is 404 g/mol. The van der Waals surface area contributed by atoms with Crippen LogP contribution in [0.15, 0.2) is 115 Å². The van der Waals surface area contributed by atoms with E-state index in [4.69, 9.17) is 5.10 Å². The number of rotatable bonds is 5. The van der Waals surface area contributed by atoms with Crippen LogP contribution in [-0.4, -0.2) is 20.9 Å². The van der Waals surface area contributed by atoms with Crippen LogP contribution in [0.1, 0.15) is 27.2 Å². The third-order valence-electron chi connectivity index (χ3n) is 5.68. The predicted molar refractivity (Wildman–Crippen MR) is 121 cm³/mol. The Balaban J connectivity index is 2.00. The van der Waals surface area contributed by atoms with Crippen LogP contribution in [0.25, 0.3) is 10.9 Å². The van der Waals surface area contributed by atoms with Crippen molar-refractivity contribution >= 4 is 16.9 Å². The zero-order chi connectivity index (χ0) is 21.3. The largest absolute Gasteiger partial charge is 0.476 e. The first-order valence-electron chi connectivity index (χ1n) is 10.1. The number of carboxylic acids is 1. The van der Waals surface area contributed by atoms with Gasteiger partial charge in [0.25, 0.3) is 0 Å². The Morgan fingerprint density at radius 1 is 0.645 bits per heavy atom. The molecule has 0 aliphatic carbocycles. The number of hydrogen-bond acceptors (Lipinski definition) is 2. The second-order valence-electron chi connectivity index (χ2n) is 7.39. The van der Waals surface area contributed by atoms with Crippen molar-refractivity contribution in [3.63, 3.8) is 0 Å². The number of carboxylic acid groups (broad SMARTS) is 1. The first-order chi connectivity index (χ1) is 15.2. The van der Waals surface area contributed by atoms with E-state index in [0.717, 1.165) is 22.2 Å². The molecule has 0 fully saturated rings. The van der Waals surface area contributed by atoms with E-state index >= 15 is 0 Å². The Morgan fingerprint density at radius 2 is 1.06 bits per heavy atom. The number of benzene rings is 4. The molecule has 0 aliphatic heterocycles. The van der Waals surface area contributed by atoms with E-state index in [1.54, 1.807) is 0 Å². The lowest BCUT2D eigenvalue weighted by atomic mass is 9.77. The van der Waals surface area contributed by atoms with E-state index in [9.17, 15) is 9.90 Å². The Bertz CT molecular complexity index is 1250. The lowest BCUT2D eigenvalue weighted by Crippen LogP contribution is -2.38. The first kappa shape index (κ1) is 18.8. The average Bonchev–Trinajstić information content (AvgIpc) is 3.22. The molecule has 1 aromatic heterocycles. The van der Waals surface area contributed by atoms with E-state index in [-0.39, 0.29) is 5.69 Å². The summed E-state index contributed by atoms with van der Waals surface area (Å²) in [5.41, 5.74) is 2.95. The molecule has 0 radical (unpaired) electrons. The minimum Gasteiger partial charge on any atom is -0.476 e. The van der Waals surface area contributed by atoms with Crippen LogP contribution in [0.3, 0.4) is 0 Å². The van der Waals surface area contributed by atoms with Gasteiger partial charge in [-0.15, -0.1) is 0 Å². The maximum absolute atomic E-state index is 12.1. The minimum atomic E-state index is -1.04. The van der Waals surface area contributed by atoms with Crippen LogP contribution in [0, 0.1) is 0 Å². The molecule has 0 amide bonds. The second-order valence-corrected chi connectivity index (χ2v) is 7.39. The highest BCUT2D eigenvalue weighted by atomic mass is 16.4. The molecule has 0 saturated heterocycles. The molecule has 5 aromatic rings. The van der Waals surface area contributed by atoms with Crippen molar-refractivity contribution in [1.82, 2.24) is 9.78 Å². The second kappa shape index (κ2) is 7.58. The van der Waals surface area contributed by atoms with Gasteiger partial charge in [0.2, 0.25) is 0 Å². The number of para-hydroxylation sites is 1. The normalized spacial score (nSPS) is 11.5. The van der Waals surface area contributed by atoms with Gasteiger partial charge in [-0.3, -0.25) is 0 Å². The lowest BCUT2D eigenvalue weighted by Gasteiger charge is -2.37. The Hall–Kier alpha value is -4.18. The van der Waals surface area contributed by atoms with Crippen LogP contribution >= 0.6 is 0 Å². The standard InChI is InChI=1S/C27H20N2O2/c30-26(31)25-23-18-10-11-19-24(23)29(28-25)27(20-12-4-1-5-13-20,21-14-6-2-7-15-21)22-16-8-3-9-17-22/h1-19H,(H,30,31). The summed E-state index contributed by atoms with van der Waals surface area (Å²) in [7, 11) is 0. The van der Waals surface area contributed by atoms with Crippen molar-refractivity contribution in [3.05, 3.63) is 138 Å². The van der Waals surface area contributed by atoms with Crippen molar-refractivity contribution in [2.24, 2.45) is 0 Å².